The molecule has 0 aliphatic heterocycles. The molecule has 0 aromatic heterocycles. The Bertz CT molecular complexity index is 620. The summed E-state index contributed by atoms with van der Waals surface area (Å²) in [5, 5.41) is 4.46. The molecular formula is C19H22NOP. The van der Waals surface area contributed by atoms with Gasteiger partial charge >= 0.3 is 0 Å². The lowest BCUT2D eigenvalue weighted by Crippen LogP contribution is -2.32. The third kappa shape index (κ3) is 5.93. The van der Waals surface area contributed by atoms with Gasteiger partial charge in [-0.3, -0.25) is 4.79 Å². The fourth-order valence-corrected chi connectivity index (χ4v) is 2.36. The second-order valence-corrected chi connectivity index (χ2v) is 6.10. The van der Waals surface area contributed by atoms with Crippen molar-refractivity contribution in [2.75, 3.05) is 6.54 Å². The lowest BCUT2D eigenvalue weighted by atomic mass is 10.1. The number of nitrogens with one attached hydrogen (secondary N) is 1. The smallest absolute Gasteiger partial charge is 0.169 e. The molecule has 2 aromatic rings. The summed E-state index contributed by atoms with van der Waals surface area (Å²) >= 11 is 0. The topological polar surface area (TPSA) is 29.1 Å². The first-order chi connectivity index (χ1) is 10.6. The van der Waals surface area contributed by atoms with Crippen molar-refractivity contribution in [2.45, 2.75) is 19.4 Å². The van der Waals surface area contributed by atoms with Gasteiger partial charge in [-0.25, -0.2) is 0 Å². The van der Waals surface area contributed by atoms with Crippen LogP contribution in [0.1, 0.15) is 18.1 Å². The quantitative estimate of drug-likeness (QED) is 0.629. The van der Waals surface area contributed by atoms with Gasteiger partial charge in [-0.15, -0.1) is 9.24 Å². The zero-order valence-corrected chi connectivity index (χ0v) is 14.0. The minimum Gasteiger partial charge on any atom is -0.307 e. The highest BCUT2D eigenvalue weighted by Gasteiger charge is 2.05. The molecule has 114 valence electrons. The summed E-state index contributed by atoms with van der Waals surface area (Å²) in [5.74, 6) is 0.0935. The fourth-order valence-electron chi connectivity index (χ4n) is 2.17. The molecule has 0 heterocycles. The molecule has 0 fully saturated rings. The second-order valence-electron chi connectivity index (χ2n) is 5.44. The average Bonchev–Trinajstić information content (AvgIpc) is 2.54. The van der Waals surface area contributed by atoms with Crippen molar-refractivity contribution in [3.8, 4) is 0 Å². The Balaban J connectivity index is 1.76. The SMILES string of the molecule is C[C@H](Cc1ccc(P)cc1)NCC(=O)/C=C/c1ccccc1. The number of benzene rings is 2. The van der Waals surface area contributed by atoms with Crippen LogP contribution in [0.4, 0.5) is 0 Å². The summed E-state index contributed by atoms with van der Waals surface area (Å²) in [6.45, 7) is 2.47. The van der Waals surface area contributed by atoms with Crippen LogP contribution in [0.5, 0.6) is 0 Å². The molecule has 0 bridgehead atoms. The van der Waals surface area contributed by atoms with E-state index >= 15 is 0 Å². The van der Waals surface area contributed by atoms with E-state index < -0.39 is 0 Å². The molecule has 1 unspecified atom stereocenters. The summed E-state index contributed by atoms with van der Waals surface area (Å²) < 4.78 is 0. The lowest BCUT2D eigenvalue weighted by molar-refractivity contribution is -0.113. The maximum atomic E-state index is 11.9. The molecule has 3 heteroatoms. The van der Waals surface area contributed by atoms with Gasteiger partial charge in [0, 0.05) is 6.04 Å². The third-order valence-electron chi connectivity index (χ3n) is 3.41. The van der Waals surface area contributed by atoms with Gasteiger partial charge in [0.25, 0.3) is 0 Å². The standard InChI is InChI=1S/C19H22NOP/c1-15(13-17-8-11-19(22)12-9-17)20-14-18(21)10-7-16-5-3-2-4-6-16/h2-12,15,20H,13-14,22H2,1H3/b10-7+/t15-/m1/s1. The van der Waals surface area contributed by atoms with Crippen LogP contribution < -0.4 is 10.6 Å². The van der Waals surface area contributed by atoms with Crippen LogP contribution >= 0.6 is 9.24 Å². The monoisotopic (exact) mass is 311 g/mol. The van der Waals surface area contributed by atoms with Crippen LogP contribution in [-0.4, -0.2) is 18.4 Å². The molecule has 2 aromatic carbocycles. The normalized spacial score (nSPS) is 12.5. The van der Waals surface area contributed by atoms with Crippen LogP contribution in [0.25, 0.3) is 6.08 Å². The van der Waals surface area contributed by atoms with Crippen molar-refractivity contribution in [1.82, 2.24) is 5.32 Å². The highest BCUT2D eigenvalue weighted by Crippen LogP contribution is 2.04. The molecule has 0 amide bonds. The van der Waals surface area contributed by atoms with Gasteiger partial charge in [0.1, 0.15) is 0 Å². The van der Waals surface area contributed by atoms with Gasteiger partial charge < -0.3 is 5.32 Å². The van der Waals surface area contributed by atoms with E-state index in [0.29, 0.717) is 6.54 Å². The first-order valence-electron chi connectivity index (χ1n) is 7.47. The van der Waals surface area contributed by atoms with Crippen molar-refractivity contribution >= 4 is 26.4 Å². The molecule has 2 rings (SSSR count). The third-order valence-corrected chi connectivity index (χ3v) is 3.79. The van der Waals surface area contributed by atoms with E-state index in [0.717, 1.165) is 12.0 Å². The maximum absolute atomic E-state index is 11.9. The predicted octanol–water partition coefficient (Wildman–Crippen LogP) is 2.99. The summed E-state index contributed by atoms with van der Waals surface area (Å²) in [4.78, 5) is 11.9. The zero-order chi connectivity index (χ0) is 15.8. The summed E-state index contributed by atoms with van der Waals surface area (Å²) in [5.41, 5.74) is 2.32. The van der Waals surface area contributed by atoms with Gasteiger partial charge in [-0.1, -0.05) is 60.7 Å². The zero-order valence-electron chi connectivity index (χ0n) is 12.8. The van der Waals surface area contributed by atoms with Crippen LogP contribution in [0.15, 0.2) is 60.7 Å². The molecule has 0 spiro atoms. The minimum absolute atomic E-state index is 0.0935. The van der Waals surface area contributed by atoms with Gasteiger partial charge in [0.05, 0.1) is 6.54 Å². The van der Waals surface area contributed by atoms with Crippen molar-refractivity contribution in [1.29, 1.82) is 0 Å². The number of rotatable bonds is 7. The molecule has 2 nitrogen and oxygen atoms in total. The van der Waals surface area contributed by atoms with Gasteiger partial charge in [0.2, 0.25) is 0 Å². The average molecular weight is 311 g/mol. The van der Waals surface area contributed by atoms with Gasteiger partial charge in [-0.2, -0.15) is 0 Å². The van der Waals surface area contributed by atoms with Crippen molar-refractivity contribution < 1.29 is 4.79 Å². The Morgan fingerprint density at radius 3 is 2.50 bits per heavy atom. The summed E-state index contributed by atoms with van der Waals surface area (Å²) in [6, 6.07) is 18.5. The Morgan fingerprint density at radius 2 is 1.82 bits per heavy atom. The maximum Gasteiger partial charge on any atom is 0.169 e. The van der Waals surface area contributed by atoms with Crippen molar-refractivity contribution in [2.24, 2.45) is 0 Å². The first-order valence-corrected chi connectivity index (χ1v) is 8.05. The summed E-state index contributed by atoms with van der Waals surface area (Å²) in [7, 11) is 2.68. The Morgan fingerprint density at radius 1 is 1.14 bits per heavy atom. The Hall–Kier alpha value is -1.76. The molecule has 0 saturated carbocycles. The Kier molecular flexibility index (Phi) is 6.51. The predicted molar refractivity (Wildman–Crippen MR) is 97.4 cm³/mol. The van der Waals surface area contributed by atoms with Gasteiger partial charge in [0.15, 0.2) is 5.78 Å². The van der Waals surface area contributed by atoms with Crippen molar-refractivity contribution in [3.05, 3.63) is 71.8 Å². The fraction of sp³-hybridized carbons (Fsp3) is 0.211. The van der Waals surface area contributed by atoms with E-state index in [2.05, 4.69) is 45.7 Å². The van der Waals surface area contributed by atoms with E-state index in [1.54, 1.807) is 6.08 Å². The van der Waals surface area contributed by atoms with E-state index in [4.69, 9.17) is 0 Å². The minimum atomic E-state index is 0.0935. The Labute approximate surface area is 134 Å². The number of carbonyl (C=O) groups is 1. The van der Waals surface area contributed by atoms with Gasteiger partial charge in [-0.05, 0) is 35.9 Å². The number of ketones is 1. The van der Waals surface area contributed by atoms with E-state index in [9.17, 15) is 4.79 Å². The number of hydrogen-bond donors (Lipinski definition) is 1. The highest BCUT2D eigenvalue weighted by atomic mass is 31.0. The van der Waals surface area contributed by atoms with E-state index in [1.165, 1.54) is 10.9 Å². The first kappa shape index (κ1) is 16.6. The van der Waals surface area contributed by atoms with Crippen molar-refractivity contribution in [3.63, 3.8) is 0 Å². The highest BCUT2D eigenvalue weighted by molar-refractivity contribution is 7.27. The van der Waals surface area contributed by atoms with Crippen LogP contribution in [0.2, 0.25) is 0 Å². The molecule has 0 radical (unpaired) electrons. The molecule has 0 saturated heterocycles. The lowest BCUT2D eigenvalue weighted by Gasteiger charge is -2.12. The molecular weight excluding hydrogens is 289 g/mol. The second kappa shape index (κ2) is 8.63. The van der Waals surface area contributed by atoms with Crippen LogP contribution in [0.3, 0.4) is 0 Å². The summed E-state index contributed by atoms with van der Waals surface area (Å²) in [6.07, 6.45) is 4.41. The molecule has 2 atom stereocenters. The number of hydrogen-bond acceptors (Lipinski definition) is 2. The molecule has 1 N–H and O–H groups in total. The molecule has 0 aliphatic carbocycles. The molecule has 22 heavy (non-hydrogen) atoms. The van der Waals surface area contributed by atoms with E-state index in [-0.39, 0.29) is 11.8 Å². The molecule has 0 aliphatic rings. The number of carbonyl (C=O) groups excluding carboxylic acids is 1. The van der Waals surface area contributed by atoms with E-state index in [1.807, 2.05) is 36.4 Å². The van der Waals surface area contributed by atoms with Crippen LogP contribution in [-0.2, 0) is 11.2 Å². The van der Waals surface area contributed by atoms with Crippen LogP contribution in [0, 0.1) is 0 Å². The largest absolute Gasteiger partial charge is 0.307 e.